The lowest BCUT2D eigenvalue weighted by Gasteiger charge is -2.05. The summed E-state index contributed by atoms with van der Waals surface area (Å²) >= 11 is 4.82. The van der Waals surface area contributed by atoms with Gasteiger partial charge in [0.25, 0.3) is 0 Å². The first kappa shape index (κ1) is 15.6. The number of aromatic nitrogens is 2. The molecule has 0 bridgehead atoms. The first-order valence-corrected chi connectivity index (χ1v) is 9.13. The van der Waals surface area contributed by atoms with E-state index < -0.39 is 0 Å². The number of hydrogen-bond acceptors (Lipinski definition) is 8. The predicted molar refractivity (Wildman–Crippen MR) is 89.9 cm³/mol. The molecule has 0 aliphatic rings. The first-order valence-electron chi connectivity index (χ1n) is 6.32. The number of nitrogen functional groups attached to an aromatic ring is 1. The number of thiazole rings is 1. The van der Waals surface area contributed by atoms with Crippen LogP contribution in [0.15, 0.2) is 5.38 Å². The summed E-state index contributed by atoms with van der Waals surface area (Å²) in [4.78, 5) is 4.48. The molecular weight excluding hydrogens is 312 g/mol. The Kier molecular flexibility index (Phi) is 6.08. The normalized spacial score (nSPS) is 10.9. The molecule has 2 heterocycles. The van der Waals surface area contributed by atoms with Gasteiger partial charge < -0.3 is 16.2 Å². The van der Waals surface area contributed by atoms with Gasteiger partial charge in [-0.2, -0.15) is 16.1 Å². The van der Waals surface area contributed by atoms with Crippen molar-refractivity contribution in [2.75, 3.05) is 35.7 Å². The van der Waals surface area contributed by atoms with Gasteiger partial charge in [-0.15, -0.1) is 11.3 Å². The largest absolute Gasteiger partial charge is 0.396 e. The lowest BCUT2D eigenvalue weighted by atomic mass is 10.2. The van der Waals surface area contributed by atoms with Crippen LogP contribution in [0.1, 0.15) is 11.4 Å². The second kappa shape index (κ2) is 7.82. The number of nitrogens with one attached hydrogen (secondary N) is 1. The summed E-state index contributed by atoms with van der Waals surface area (Å²) in [5, 5.41) is 16.1. The van der Waals surface area contributed by atoms with E-state index in [4.69, 9.17) is 10.8 Å². The Balaban J connectivity index is 1.92. The van der Waals surface area contributed by atoms with Crippen molar-refractivity contribution in [1.82, 2.24) is 9.36 Å². The van der Waals surface area contributed by atoms with Gasteiger partial charge in [0.1, 0.15) is 10.8 Å². The van der Waals surface area contributed by atoms with Crippen LogP contribution in [-0.4, -0.2) is 39.1 Å². The fraction of sp³-hybridized carbons (Fsp3) is 0.500. The molecule has 0 atom stereocenters. The topological polar surface area (TPSA) is 84.1 Å². The molecule has 0 spiro atoms. The quantitative estimate of drug-likeness (QED) is 0.645. The van der Waals surface area contributed by atoms with E-state index in [2.05, 4.69) is 14.7 Å². The molecular formula is C12H18N4OS3. The molecule has 2 aromatic rings. The first-order chi connectivity index (χ1) is 9.72. The lowest BCUT2D eigenvalue weighted by molar-refractivity contribution is 0.296. The molecule has 110 valence electrons. The average Bonchev–Trinajstić information content (AvgIpc) is 3.00. The van der Waals surface area contributed by atoms with Crippen molar-refractivity contribution in [3.63, 3.8) is 0 Å². The van der Waals surface area contributed by atoms with Crippen LogP contribution in [-0.2, 0) is 0 Å². The highest BCUT2D eigenvalue weighted by atomic mass is 32.2. The number of aryl methyl sites for hydroxylation is 1. The zero-order valence-electron chi connectivity index (χ0n) is 11.3. The molecule has 0 saturated heterocycles. The maximum Gasteiger partial charge on any atom is 0.148 e. The predicted octanol–water partition coefficient (Wildman–Crippen LogP) is 2.68. The van der Waals surface area contributed by atoms with Crippen LogP contribution in [0.25, 0.3) is 11.3 Å². The molecule has 0 fully saturated rings. The van der Waals surface area contributed by atoms with E-state index in [-0.39, 0.29) is 6.61 Å². The standard InChI is InChI=1S/C12H18N4OS3/c1-8-15-9(7-19-8)10-11(13)16-20-12(10)14-3-6-18-5-2-4-17/h7,14,17H,2-6H2,1H3,(H2,13,16). The summed E-state index contributed by atoms with van der Waals surface area (Å²) in [5.41, 5.74) is 7.76. The number of rotatable bonds is 8. The Morgan fingerprint density at radius 3 is 3.00 bits per heavy atom. The molecule has 0 saturated carbocycles. The Morgan fingerprint density at radius 1 is 1.45 bits per heavy atom. The number of hydrogen-bond donors (Lipinski definition) is 3. The molecule has 0 aromatic carbocycles. The van der Waals surface area contributed by atoms with Crippen LogP contribution in [0.3, 0.4) is 0 Å². The number of anilines is 2. The lowest BCUT2D eigenvalue weighted by Crippen LogP contribution is -2.04. The molecule has 0 aliphatic carbocycles. The van der Waals surface area contributed by atoms with Gasteiger partial charge in [-0.05, 0) is 30.6 Å². The molecule has 0 radical (unpaired) electrons. The van der Waals surface area contributed by atoms with Gasteiger partial charge in [0, 0.05) is 24.3 Å². The maximum atomic E-state index is 8.71. The van der Waals surface area contributed by atoms with Crippen molar-refractivity contribution in [2.24, 2.45) is 0 Å². The Labute approximate surface area is 130 Å². The molecule has 2 rings (SSSR count). The van der Waals surface area contributed by atoms with Crippen molar-refractivity contribution in [3.05, 3.63) is 10.4 Å². The SMILES string of the molecule is Cc1nc(-c2c(N)nsc2NCCSCCCO)cs1. The second-order valence-corrected chi connectivity index (χ2v) is 7.20. The van der Waals surface area contributed by atoms with Crippen molar-refractivity contribution in [3.8, 4) is 11.3 Å². The third-order valence-corrected chi connectivity index (χ3v) is 5.24. The van der Waals surface area contributed by atoms with Crippen LogP contribution in [0.2, 0.25) is 0 Å². The van der Waals surface area contributed by atoms with Gasteiger partial charge in [-0.1, -0.05) is 0 Å². The zero-order chi connectivity index (χ0) is 14.4. The van der Waals surface area contributed by atoms with Gasteiger partial charge in [0.05, 0.1) is 16.3 Å². The van der Waals surface area contributed by atoms with Crippen LogP contribution in [0.5, 0.6) is 0 Å². The summed E-state index contributed by atoms with van der Waals surface area (Å²) in [6.07, 6.45) is 0.849. The molecule has 2 aromatic heterocycles. The number of aliphatic hydroxyl groups is 1. The van der Waals surface area contributed by atoms with E-state index in [1.807, 2.05) is 24.1 Å². The van der Waals surface area contributed by atoms with Crippen molar-refractivity contribution < 1.29 is 5.11 Å². The van der Waals surface area contributed by atoms with E-state index >= 15 is 0 Å². The number of aliphatic hydroxyl groups excluding tert-OH is 1. The third kappa shape index (κ3) is 4.08. The molecule has 0 amide bonds. The van der Waals surface area contributed by atoms with Gasteiger partial charge in [-0.25, -0.2) is 4.98 Å². The van der Waals surface area contributed by atoms with Gasteiger partial charge >= 0.3 is 0 Å². The number of nitrogens with zero attached hydrogens (tertiary/aromatic N) is 2. The molecule has 20 heavy (non-hydrogen) atoms. The maximum absolute atomic E-state index is 8.71. The highest BCUT2D eigenvalue weighted by molar-refractivity contribution is 7.99. The molecule has 0 aliphatic heterocycles. The van der Waals surface area contributed by atoms with E-state index in [1.165, 1.54) is 11.5 Å². The summed E-state index contributed by atoms with van der Waals surface area (Å²) in [6, 6.07) is 0. The fourth-order valence-electron chi connectivity index (χ4n) is 1.65. The Hall–Kier alpha value is -0.830. The Morgan fingerprint density at radius 2 is 2.30 bits per heavy atom. The molecule has 0 unspecified atom stereocenters. The smallest absolute Gasteiger partial charge is 0.148 e. The van der Waals surface area contributed by atoms with Crippen LogP contribution in [0, 0.1) is 6.92 Å². The summed E-state index contributed by atoms with van der Waals surface area (Å²) in [5.74, 6) is 2.52. The minimum absolute atomic E-state index is 0.263. The second-order valence-electron chi connectivity index (χ2n) is 4.14. The van der Waals surface area contributed by atoms with E-state index in [9.17, 15) is 0 Å². The fourth-order valence-corrected chi connectivity index (χ4v) is 3.79. The minimum atomic E-state index is 0.263. The van der Waals surface area contributed by atoms with Crippen LogP contribution in [0.4, 0.5) is 10.8 Å². The minimum Gasteiger partial charge on any atom is -0.396 e. The van der Waals surface area contributed by atoms with E-state index in [1.54, 1.807) is 11.3 Å². The van der Waals surface area contributed by atoms with E-state index in [0.717, 1.165) is 45.7 Å². The highest BCUT2D eigenvalue weighted by Gasteiger charge is 2.15. The van der Waals surface area contributed by atoms with Gasteiger partial charge in [0.15, 0.2) is 0 Å². The molecule has 4 N–H and O–H groups in total. The summed E-state index contributed by atoms with van der Waals surface area (Å²) < 4.78 is 4.21. The van der Waals surface area contributed by atoms with Gasteiger partial charge in [-0.3, -0.25) is 0 Å². The summed E-state index contributed by atoms with van der Waals surface area (Å²) in [7, 11) is 0. The van der Waals surface area contributed by atoms with E-state index in [0.29, 0.717) is 5.82 Å². The van der Waals surface area contributed by atoms with Crippen LogP contribution < -0.4 is 11.1 Å². The van der Waals surface area contributed by atoms with Gasteiger partial charge in [0.2, 0.25) is 0 Å². The zero-order valence-corrected chi connectivity index (χ0v) is 13.7. The third-order valence-electron chi connectivity index (χ3n) is 2.57. The Bertz CT molecular complexity index is 541. The van der Waals surface area contributed by atoms with Crippen molar-refractivity contribution in [2.45, 2.75) is 13.3 Å². The van der Waals surface area contributed by atoms with Crippen molar-refractivity contribution >= 4 is 45.5 Å². The molecule has 8 heteroatoms. The van der Waals surface area contributed by atoms with Crippen LogP contribution >= 0.6 is 34.6 Å². The number of nitrogens with two attached hydrogens (primary N) is 1. The number of thioether (sulfide) groups is 1. The van der Waals surface area contributed by atoms with Crippen molar-refractivity contribution in [1.29, 1.82) is 0 Å². The highest BCUT2D eigenvalue weighted by Crippen LogP contribution is 2.36. The average molecular weight is 331 g/mol. The monoisotopic (exact) mass is 330 g/mol. The molecule has 5 nitrogen and oxygen atoms in total. The summed E-state index contributed by atoms with van der Waals surface area (Å²) in [6.45, 7) is 3.10.